The zero-order chi connectivity index (χ0) is 16.4. The number of fused-ring (bicyclic) bond motifs is 1. The first-order chi connectivity index (χ1) is 11.1. The van der Waals surface area contributed by atoms with Crippen molar-refractivity contribution in [2.45, 2.75) is 40.2 Å². The zero-order valence-electron chi connectivity index (χ0n) is 13.8. The Hall–Kier alpha value is -2.36. The molecule has 120 valence electrons. The maximum absolute atomic E-state index is 13.3. The molecule has 2 heterocycles. The van der Waals surface area contributed by atoms with Crippen molar-refractivity contribution in [1.82, 2.24) is 9.97 Å². The fourth-order valence-electron chi connectivity index (χ4n) is 2.99. The molecule has 0 fully saturated rings. The molecule has 0 radical (unpaired) electrons. The minimum atomic E-state index is -0.215. The van der Waals surface area contributed by atoms with Gasteiger partial charge in [0.1, 0.15) is 5.82 Å². The Morgan fingerprint density at radius 3 is 2.83 bits per heavy atom. The number of halogens is 1. The van der Waals surface area contributed by atoms with Gasteiger partial charge in [0.25, 0.3) is 0 Å². The lowest BCUT2D eigenvalue weighted by Gasteiger charge is -2.10. The van der Waals surface area contributed by atoms with Gasteiger partial charge in [-0.1, -0.05) is 25.5 Å². The number of H-pyrrole nitrogens is 1. The Bertz CT molecular complexity index is 836. The van der Waals surface area contributed by atoms with Crippen LogP contribution in [0, 0.1) is 19.7 Å². The van der Waals surface area contributed by atoms with Crippen molar-refractivity contribution in [2.24, 2.45) is 0 Å². The van der Waals surface area contributed by atoms with E-state index in [0.29, 0.717) is 6.54 Å². The van der Waals surface area contributed by atoms with Crippen LogP contribution in [-0.4, -0.2) is 9.97 Å². The lowest BCUT2D eigenvalue weighted by atomic mass is 10.0. The molecule has 0 aliphatic heterocycles. The number of hydrogen-bond donors (Lipinski definition) is 2. The number of anilines is 1. The summed E-state index contributed by atoms with van der Waals surface area (Å²) in [6.07, 6.45) is 4.07. The first-order valence-electron chi connectivity index (χ1n) is 8.05. The third-order valence-electron chi connectivity index (χ3n) is 4.28. The summed E-state index contributed by atoms with van der Waals surface area (Å²) >= 11 is 0. The molecule has 3 nitrogen and oxygen atoms in total. The van der Waals surface area contributed by atoms with Crippen molar-refractivity contribution in [3.8, 4) is 0 Å². The Labute approximate surface area is 136 Å². The number of rotatable bonds is 5. The molecule has 0 aliphatic rings. The van der Waals surface area contributed by atoms with E-state index < -0.39 is 0 Å². The highest BCUT2D eigenvalue weighted by atomic mass is 19.1. The highest BCUT2D eigenvalue weighted by molar-refractivity contribution is 5.94. The summed E-state index contributed by atoms with van der Waals surface area (Å²) in [4.78, 5) is 8.02. The standard InChI is InChI=1S/C19H22FN3/c1-4-6-15-11-22-19(18-17(15)12(2)13(3)23-18)21-10-14-7-5-8-16(20)9-14/h5,7-9,11,23H,4,6,10H2,1-3H3,(H,21,22). The number of aryl methyl sites for hydroxylation is 3. The molecule has 3 aromatic rings. The first-order valence-corrected chi connectivity index (χ1v) is 8.05. The largest absolute Gasteiger partial charge is 0.364 e. The van der Waals surface area contributed by atoms with Gasteiger partial charge < -0.3 is 10.3 Å². The third kappa shape index (κ3) is 3.07. The number of hydrogen-bond acceptors (Lipinski definition) is 2. The summed E-state index contributed by atoms with van der Waals surface area (Å²) < 4.78 is 13.3. The van der Waals surface area contributed by atoms with E-state index in [2.05, 4.69) is 36.1 Å². The van der Waals surface area contributed by atoms with Crippen LogP contribution in [0.15, 0.2) is 30.5 Å². The second-order valence-corrected chi connectivity index (χ2v) is 5.99. The monoisotopic (exact) mass is 311 g/mol. The normalized spacial score (nSPS) is 11.1. The van der Waals surface area contributed by atoms with Crippen LogP contribution in [0.1, 0.15) is 35.7 Å². The molecule has 3 rings (SSSR count). The van der Waals surface area contributed by atoms with Crippen LogP contribution in [0.25, 0.3) is 10.9 Å². The maximum Gasteiger partial charge on any atom is 0.150 e. The lowest BCUT2D eigenvalue weighted by molar-refractivity contribution is 0.626. The van der Waals surface area contributed by atoms with Crippen LogP contribution in [0.4, 0.5) is 10.2 Å². The highest BCUT2D eigenvalue weighted by Crippen LogP contribution is 2.30. The molecule has 0 amide bonds. The van der Waals surface area contributed by atoms with E-state index >= 15 is 0 Å². The zero-order valence-corrected chi connectivity index (χ0v) is 13.8. The molecular formula is C19H22FN3. The Kier molecular flexibility index (Phi) is 4.33. The number of nitrogens with zero attached hydrogens (tertiary/aromatic N) is 1. The molecular weight excluding hydrogens is 289 g/mol. The van der Waals surface area contributed by atoms with Crippen molar-refractivity contribution in [2.75, 3.05) is 5.32 Å². The number of benzene rings is 1. The van der Waals surface area contributed by atoms with E-state index in [0.717, 1.165) is 29.7 Å². The second kappa shape index (κ2) is 6.41. The molecule has 0 unspecified atom stereocenters. The Morgan fingerprint density at radius 1 is 1.26 bits per heavy atom. The Balaban J connectivity index is 1.95. The number of aromatic nitrogens is 2. The van der Waals surface area contributed by atoms with Gasteiger partial charge in [-0.2, -0.15) is 0 Å². The van der Waals surface area contributed by atoms with Crippen LogP contribution in [0.2, 0.25) is 0 Å². The average Bonchev–Trinajstić information content (AvgIpc) is 2.83. The predicted octanol–water partition coefficient (Wildman–Crippen LogP) is 4.88. The van der Waals surface area contributed by atoms with Crippen LogP contribution < -0.4 is 5.32 Å². The van der Waals surface area contributed by atoms with Gasteiger partial charge in [-0.25, -0.2) is 9.37 Å². The highest BCUT2D eigenvalue weighted by Gasteiger charge is 2.13. The van der Waals surface area contributed by atoms with Crippen molar-refractivity contribution < 1.29 is 4.39 Å². The van der Waals surface area contributed by atoms with E-state index in [-0.39, 0.29) is 5.82 Å². The van der Waals surface area contributed by atoms with Crippen LogP contribution in [0.3, 0.4) is 0 Å². The molecule has 2 aromatic heterocycles. The molecule has 0 aliphatic carbocycles. The summed E-state index contributed by atoms with van der Waals surface area (Å²) in [7, 11) is 0. The second-order valence-electron chi connectivity index (χ2n) is 5.99. The van der Waals surface area contributed by atoms with E-state index in [9.17, 15) is 4.39 Å². The Morgan fingerprint density at radius 2 is 2.09 bits per heavy atom. The number of aromatic amines is 1. The van der Waals surface area contributed by atoms with E-state index in [1.54, 1.807) is 12.1 Å². The van der Waals surface area contributed by atoms with E-state index in [1.165, 1.54) is 28.3 Å². The summed E-state index contributed by atoms with van der Waals surface area (Å²) in [5, 5.41) is 4.60. The van der Waals surface area contributed by atoms with Crippen molar-refractivity contribution in [3.05, 3.63) is 58.7 Å². The van der Waals surface area contributed by atoms with Crippen LogP contribution in [0.5, 0.6) is 0 Å². The first kappa shape index (κ1) is 15.5. The maximum atomic E-state index is 13.3. The molecule has 4 heteroatoms. The smallest absolute Gasteiger partial charge is 0.150 e. The molecule has 0 atom stereocenters. The van der Waals surface area contributed by atoms with Gasteiger partial charge in [-0.15, -0.1) is 0 Å². The van der Waals surface area contributed by atoms with Crippen molar-refractivity contribution >= 4 is 16.7 Å². The molecule has 1 aromatic carbocycles. The molecule has 2 N–H and O–H groups in total. The van der Waals surface area contributed by atoms with Gasteiger partial charge in [0.15, 0.2) is 5.82 Å². The SMILES string of the molecule is CCCc1cnc(NCc2cccc(F)c2)c2[nH]c(C)c(C)c12. The summed E-state index contributed by atoms with van der Waals surface area (Å²) in [6.45, 7) is 6.95. The third-order valence-corrected chi connectivity index (χ3v) is 4.28. The number of pyridine rings is 1. The van der Waals surface area contributed by atoms with E-state index in [1.807, 2.05) is 12.3 Å². The average molecular weight is 311 g/mol. The van der Waals surface area contributed by atoms with Crippen molar-refractivity contribution in [1.29, 1.82) is 0 Å². The molecule has 0 saturated heterocycles. The molecule has 0 saturated carbocycles. The minimum Gasteiger partial charge on any atom is -0.364 e. The molecule has 0 bridgehead atoms. The van der Waals surface area contributed by atoms with Crippen LogP contribution >= 0.6 is 0 Å². The van der Waals surface area contributed by atoms with Crippen molar-refractivity contribution in [3.63, 3.8) is 0 Å². The molecule has 0 spiro atoms. The van der Waals surface area contributed by atoms with Gasteiger partial charge in [-0.05, 0) is 49.1 Å². The summed E-state index contributed by atoms with van der Waals surface area (Å²) in [5.41, 5.74) is 5.67. The fraction of sp³-hybridized carbons (Fsp3) is 0.316. The van der Waals surface area contributed by atoms with Gasteiger partial charge in [0, 0.05) is 23.8 Å². The summed E-state index contributed by atoms with van der Waals surface area (Å²) in [5.74, 6) is 0.604. The molecule has 23 heavy (non-hydrogen) atoms. The quantitative estimate of drug-likeness (QED) is 0.705. The van der Waals surface area contributed by atoms with Gasteiger partial charge in [0.2, 0.25) is 0 Å². The van der Waals surface area contributed by atoms with Gasteiger partial charge >= 0.3 is 0 Å². The minimum absolute atomic E-state index is 0.215. The van der Waals surface area contributed by atoms with Gasteiger partial charge in [-0.3, -0.25) is 0 Å². The van der Waals surface area contributed by atoms with E-state index in [4.69, 9.17) is 0 Å². The number of nitrogens with one attached hydrogen (secondary N) is 2. The topological polar surface area (TPSA) is 40.7 Å². The lowest BCUT2D eigenvalue weighted by Crippen LogP contribution is -2.03. The summed E-state index contributed by atoms with van der Waals surface area (Å²) in [6, 6.07) is 6.63. The van der Waals surface area contributed by atoms with Crippen LogP contribution in [-0.2, 0) is 13.0 Å². The fourth-order valence-corrected chi connectivity index (χ4v) is 2.99. The van der Waals surface area contributed by atoms with Gasteiger partial charge in [0.05, 0.1) is 5.52 Å². The predicted molar refractivity (Wildman–Crippen MR) is 93.3 cm³/mol.